The normalized spacial score (nSPS) is 25.6. The lowest BCUT2D eigenvalue weighted by atomic mass is 9.65. The average molecular weight is 314 g/mol. The minimum Gasteiger partial charge on any atom is -0.319 e. The van der Waals surface area contributed by atoms with Gasteiger partial charge in [-0.1, -0.05) is 43.1 Å². The van der Waals surface area contributed by atoms with Gasteiger partial charge in [-0.15, -0.1) is 0 Å². The van der Waals surface area contributed by atoms with Crippen molar-refractivity contribution < 1.29 is 0 Å². The van der Waals surface area contributed by atoms with Crippen LogP contribution in [-0.4, -0.2) is 13.6 Å². The van der Waals surface area contributed by atoms with Crippen molar-refractivity contribution in [3.05, 3.63) is 33.8 Å². The van der Waals surface area contributed by atoms with E-state index in [-0.39, 0.29) is 0 Å². The molecule has 0 bridgehead atoms. The maximum Gasteiger partial charge on any atom is 0.0452 e. The highest BCUT2D eigenvalue weighted by molar-refractivity contribution is 6.35. The van der Waals surface area contributed by atoms with Gasteiger partial charge in [-0.25, -0.2) is 0 Å². The Morgan fingerprint density at radius 1 is 1.25 bits per heavy atom. The van der Waals surface area contributed by atoms with E-state index in [9.17, 15) is 0 Å². The summed E-state index contributed by atoms with van der Waals surface area (Å²) in [4.78, 5) is 0. The summed E-state index contributed by atoms with van der Waals surface area (Å²) in [5.41, 5.74) is 1.69. The molecule has 1 fully saturated rings. The van der Waals surface area contributed by atoms with Crippen LogP contribution < -0.4 is 5.32 Å². The van der Waals surface area contributed by atoms with E-state index in [4.69, 9.17) is 23.2 Å². The molecule has 1 N–H and O–H groups in total. The molecule has 20 heavy (non-hydrogen) atoms. The number of rotatable bonds is 4. The number of hydrogen-bond donors (Lipinski definition) is 1. The maximum atomic E-state index is 6.34. The van der Waals surface area contributed by atoms with Crippen LogP contribution >= 0.6 is 23.2 Å². The minimum absolute atomic E-state index is 0.452. The molecule has 1 aromatic rings. The van der Waals surface area contributed by atoms with Crippen molar-refractivity contribution in [2.75, 3.05) is 13.6 Å². The summed E-state index contributed by atoms with van der Waals surface area (Å²) >= 11 is 12.3. The van der Waals surface area contributed by atoms with Gasteiger partial charge in [0.15, 0.2) is 0 Å². The topological polar surface area (TPSA) is 12.0 Å². The molecule has 1 saturated carbocycles. The Kier molecular flexibility index (Phi) is 5.39. The molecule has 2 rings (SSSR count). The Hall–Kier alpha value is -0.240. The Bertz CT molecular complexity index is 456. The summed E-state index contributed by atoms with van der Waals surface area (Å²) in [6.45, 7) is 5.88. The second-order valence-corrected chi connectivity index (χ2v) is 7.77. The highest BCUT2D eigenvalue weighted by atomic mass is 35.5. The molecule has 0 radical (unpaired) electrons. The van der Waals surface area contributed by atoms with Gasteiger partial charge in [0.05, 0.1) is 0 Å². The molecule has 1 aliphatic carbocycles. The van der Waals surface area contributed by atoms with Crippen LogP contribution in [0.2, 0.25) is 10.0 Å². The van der Waals surface area contributed by atoms with E-state index in [1.54, 1.807) is 0 Å². The molecule has 112 valence electrons. The van der Waals surface area contributed by atoms with E-state index in [2.05, 4.69) is 25.2 Å². The largest absolute Gasteiger partial charge is 0.319 e. The predicted octanol–water partition coefficient (Wildman–Crippen LogP) is 5.20. The molecular weight excluding hydrogens is 289 g/mol. The molecule has 0 aliphatic heterocycles. The zero-order valence-corrected chi connectivity index (χ0v) is 14.2. The number of halogens is 2. The van der Waals surface area contributed by atoms with Crippen LogP contribution in [0.5, 0.6) is 0 Å². The summed E-state index contributed by atoms with van der Waals surface area (Å²) in [5, 5.41) is 4.88. The van der Waals surface area contributed by atoms with Crippen molar-refractivity contribution in [2.24, 2.45) is 17.3 Å². The van der Waals surface area contributed by atoms with Crippen molar-refractivity contribution in [2.45, 2.75) is 39.5 Å². The molecule has 2 unspecified atom stereocenters. The zero-order valence-electron chi connectivity index (χ0n) is 12.7. The molecule has 1 nitrogen and oxygen atoms in total. The van der Waals surface area contributed by atoms with Crippen LogP contribution in [-0.2, 0) is 6.42 Å². The molecule has 0 aromatic heterocycles. The van der Waals surface area contributed by atoms with Crippen LogP contribution in [0.15, 0.2) is 18.2 Å². The van der Waals surface area contributed by atoms with E-state index in [1.807, 2.05) is 19.2 Å². The Balaban J connectivity index is 2.14. The minimum atomic E-state index is 0.452. The average Bonchev–Trinajstić information content (AvgIpc) is 2.36. The lowest BCUT2D eigenvalue weighted by Crippen LogP contribution is -2.36. The van der Waals surface area contributed by atoms with E-state index in [0.29, 0.717) is 11.3 Å². The Labute approximate surface area is 133 Å². The van der Waals surface area contributed by atoms with Crippen molar-refractivity contribution in [1.82, 2.24) is 5.32 Å². The number of hydrogen-bond acceptors (Lipinski definition) is 1. The molecule has 3 heteroatoms. The fourth-order valence-electron chi connectivity index (χ4n) is 3.53. The van der Waals surface area contributed by atoms with Gasteiger partial charge in [-0.05, 0) is 74.2 Å². The fraction of sp³-hybridized carbons (Fsp3) is 0.647. The zero-order chi connectivity index (χ0) is 14.8. The SMILES string of the molecule is CNCC1CCC(C)(C)CC1Cc1ccc(Cl)cc1Cl. The molecule has 1 aliphatic rings. The fourth-order valence-corrected chi connectivity index (χ4v) is 4.02. The van der Waals surface area contributed by atoms with Crippen LogP contribution in [0.3, 0.4) is 0 Å². The third kappa shape index (κ3) is 4.13. The first-order valence-corrected chi connectivity index (χ1v) is 8.25. The Morgan fingerprint density at radius 3 is 2.65 bits per heavy atom. The summed E-state index contributed by atoms with van der Waals surface area (Å²) in [6.07, 6.45) is 4.97. The standard InChI is InChI=1S/C17H25Cl2N/c1-17(2)7-6-13(11-20-3)14(10-17)8-12-4-5-15(18)9-16(12)19/h4-5,9,13-14,20H,6-8,10-11H2,1-3H3. The lowest BCUT2D eigenvalue weighted by molar-refractivity contribution is 0.117. The molecule has 2 atom stereocenters. The second-order valence-electron chi connectivity index (χ2n) is 6.92. The highest BCUT2D eigenvalue weighted by Gasteiger charge is 2.34. The van der Waals surface area contributed by atoms with Crippen molar-refractivity contribution in [3.63, 3.8) is 0 Å². The van der Waals surface area contributed by atoms with Gasteiger partial charge < -0.3 is 5.32 Å². The highest BCUT2D eigenvalue weighted by Crippen LogP contribution is 2.43. The summed E-state index contributed by atoms with van der Waals surface area (Å²) in [5.74, 6) is 1.45. The van der Waals surface area contributed by atoms with Crippen LogP contribution in [0.25, 0.3) is 0 Å². The van der Waals surface area contributed by atoms with Gasteiger partial charge in [0, 0.05) is 10.0 Å². The van der Waals surface area contributed by atoms with Crippen molar-refractivity contribution >= 4 is 23.2 Å². The van der Waals surface area contributed by atoms with Crippen LogP contribution in [0, 0.1) is 17.3 Å². The first-order valence-electron chi connectivity index (χ1n) is 7.50. The Morgan fingerprint density at radius 2 is 2.00 bits per heavy atom. The van der Waals surface area contributed by atoms with E-state index in [1.165, 1.54) is 24.8 Å². The molecular formula is C17H25Cl2N. The van der Waals surface area contributed by atoms with Gasteiger partial charge in [-0.3, -0.25) is 0 Å². The third-order valence-corrected chi connectivity index (χ3v) is 5.22. The van der Waals surface area contributed by atoms with E-state index < -0.39 is 0 Å². The third-order valence-electron chi connectivity index (χ3n) is 4.64. The van der Waals surface area contributed by atoms with Gasteiger partial charge in [0.25, 0.3) is 0 Å². The number of nitrogens with one attached hydrogen (secondary N) is 1. The van der Waals surface area contributed by atoms with Crippen LogP contribution in [0.4, 0.5) is 0 Å². The summed E-state index contributed by atoms with van der Waals surface area (Å²) < 4.78 is 0. The molecule has 0 saturated heterocycles. The summed E-state index contributed by atoms with van der Waals surface area (Å²) in [6, 6.07) is 5.89. The molecule has 1 aromatic carbocycles. The quantitative estimate of drug-likeness (QED) is 0.805. The first kappa shape index (κ1) is 16.1. The van der Waals surface area contributed by atoms with Gasteiger partial charge in [0.1, 0.15) is 0 Å². The van der Waals surface area contributed by atoms with Gasteiger partial charge in [0.2, 0.25) is 0 Å². The second kappa shape index (κ2) is 6.68. The molecule has 0 spiro atoms. The van der Waals surface area contributed by atoms with E-state index in [0.717, 1.165) is 28.9 Å². The van der Waals surface area contributed by atoms with Crippen LogP contribution in [0.1, 0.15) is 38.7 Å². The van der Waals surface area contributed by atoms with Gasteiger partial charge >= 0.3 is 0 Å². The number of benzene rings is 1. The predicted molar refractivity (Wildman–Crippen MR) is 88.7 cm³/mol. The van der Waals surface area contributed by atoms with Crippen molar-refractivity contribution in [1.29, 1.82) is 0 Å². The summed E-state index contributed by atoms with van der Waals surface area (Å²) in [7, 11) is 2.05. The monoisotopic (exact) mass is 313 g/mol. The smallest absolute Gasteiger partial charge is 0.0452 e. The van der Waals surface area contributed by atoms with E-state index >= 15 is 0 Å². The molecule has 0 heterocycles. The van der Waals surface area contributed by atoms with Gasteiger partial charge in [-0.2, -0.15) is 0 Å². The van der Waals surface area contributed by atoms with Crippen molar-refractivity contribution in [3.8, 4) is 0 Å². The maximum absolute atomic E-state index is 6.34. The molecule has 0 amide bonds. The lowest BCUT2D eigenvalue weighted by Gasteiger charge is -2.41. The first-order chi connectivity index (χ1) is 9.41.